The zero-order chi connectivity index (χ0) is 14.8. The van der Waals surface area contributed by atoms with Crippen LogP contribution in [0.3, 0.4) is 0 Å². The van der Waals surface area contributed by atoms with E-state index in [2.05, 4.69) is 15.0 Å². The summed E-state index contributed by atoms with van der Waals surface area (Å²) in [5, 5.41) is 12.9. The first kappa shape index (κ1) is 16.3. The standard InChI is InChI=1S/C11H19N3O6/c15-9(7-20-8-10(16)17)13-11(18)12-1-2-14-3-5-19-6-4-14/h1-8H2,(H,16,17)(H2,12,13,15,18). The lowest BCUT2D eigenvalue weighted by molar-refractivity contribution is -0.143. The molecule has 0 aromatic heterocycles. The van der Waals surface area contributed by atoms with Gasteiger partial charge in [-0.2, -0.15) is 0 Å². The highest BCUT2D eigenvalue weighted by Crippen LogP contribution is 1.94. The number of nitrogens with one attached hydrogen (secondary N) is 2. The molecule has 3 amide bonds. The van der Waals surface area contributed by atoms with Crippen LogP contribution in [0.25, 0.3) is 0 Å². The summed E-state index contributed by atoms with van der Waals surface area (Å²) in [5.41, 5.74) is 0. The fourth-order valence-corrected chi connectivity index (χ4v) is 1.59. The number of carbonyl (C=O) groups is 3. The molecule has 1 aliphatic heterocycles. The molecule has 0 aromatic rings. The first-order valence-corrected chi connectivity index (χ1v) is 6.25. The Morgan fingerprint density at radius 3 is 2.55 bits per heavy atom. The van der Waals surface area contributed by atoms with E-state index in [1.54, 1.807) is 0 Å². The van der Waals surface area contributed by atoms with Gasteiger partial charge in [-0.25, -0.2) is 9.59 Å². The van der Waals surface area contributed by atoms with Gasteiger partial charge in [0.1, 0.15) is 13.2 Å². The van der Waals surface area contributed by atoms with Gasteiger partial charge in [0.25, 0.3) is 5.91 Å². The lowest BCUT2D eigenvalue weighted by Crippen LogP contribution is -2.45. The van der Waals surface area contributed by atoms with E-state index in [-0.39, 0.29) is 0 Å². The molecule has 9 heteroatoms. The fourth-order valence-electron chi connectivity index (χ4n) is 1.59. The molecule has 1 rings (SSSR count). The summed E-state index contributed by atoms with van der Waals surface area (Å²) in [6.45, 7) is 3.07. The van der Waals surface area contributed by atoms with Crippen molar-refractivity contribution in [2.45, 2.75) is 0 Å². The first-order valence-electron chi connectivity index (χ1n) is 6.25. The molecule has 0 aliphatic carbocycles. The zero-order valence-electron chi connectivity index (χ0n) is 11.1. The van der Waals surface area contributed by atoms with Crippen LogP contribution in [0.1, 0.15) is 0 Å². The number of carboxylic acid groups (broad SMARTS) is 1. The summed E-state index contributed by atoms with van der Waals surface area (Å²) in [4.78, 5) is 34.8. The van der Waals surface area contributed by atoms with E-state index in [1.165, 1.54) is 0 Å². The predicted octanol–water partition coefficient (Wildman–Crippen LogP) is -1.75. The van der Waals surface area contributed by atoms with Crippen molar-refractivity contribution in [3.63, 3.8) is 0 Å². The molecule has 20 heavy (non-hydrogen) atoms. The number of amides is 3. The van der Waals surface area contributed by atoms with E-state index >= 15 is 0 Å². The number of morpholine rings is 1. The number of nitrogens with zero attached hydrogens (tertiary/aromatic N) is 1. The van der Waals surface area contributed by atoms with Crippen LogP contribution in [-0.2, 0) is 19.1 Å². The third-order valence-corrected chi connectivity index (χ3v) is 2.53. The van der Waals surface area contributed by atoms with E-state index in [1.807, 2.05) is 5.32 Å². The quantitative estimate of drug-likeness (QED) is 0.508. The maximum atomic E-state index is 11.3. The third-order valence-electron chi connectivity index (χ3n) is 2.53. The molecule has 3 N–H and O–H groups in total. The van der Waals surface area contributed by atoms with E-state index in [0.29, 0.717) is 26.3 Å². The first-order chi connectivity index (χ1) is 9.58. The number of urea groups is 1. The fraction of sp³-hybridized carbons (Fsp3) is 0.727. The van der Waals surface area contributed by atoms with E-state index < -0.39 is 31.1 Å². The number of imide groups is 1. The van der Waals surface area contributed by atoms with Crippen LogP contribution >= 0.6 is 0 Å². The molecule has 1 saturated heterocycles. The summed E-state index contributed by atoms with van der Waals surface area (Å²) in [6, 6.07) is -0.623. The van der Waals surface area contributed by atoms with Gasteiger partial charge in [-0.05, 0) is 0 Å². The van der Waals surface area contributed by atoms with Gasteiger partial charge in [-0.1, -0.05) is 0 Å². The summed E-state index contributed by atoms with van der Waals surface area (Å²) in [7, 11) is 0. The molecule has 0 spiro atoms. The van der Waals surface area contributed by atoms with Crippen LogP contribution in [0.5, 0.6) is 0 Å². The Labute approximate surface area is 116 Å². The minimum Gasteiger partial charge on any atom is -0.480 e. The second-order valence-electron chi connectivity index (χ2n) is 4.14. The number of hydrogen-bond donors (Lipinski definition) is 3. The predicted molar refractivity (Wildman–Crippen MR) is 67.3 cm³/mol. The summed E-state index contributed by atoms with van der Waals surface area (Å²) >= 11 is 0. The van der Waals surface area contributed by atoms with Crippen LogP contribution in [0.4, 0.5) is 4.79 Å². The van der Waals surface area contributed by atoms with E-state index in [9.17, 15) is 14.4 Å². The van der Waals surface area contributed by atoms with Gasteiger partial charge in [0, 0.05) is 26.2 Å². The number of carboxylic acids is 1. The molecule has 0 bridgehead atoms. The van der Waals surface area contributed by atoms with Gasteiger partial charge in [-0.15, -0.1) is 0 Å². The number of rotatable bonds is 7. The second-order valence-corrected chi connectivity index (χ2v) is 4.14. The highest BCUT2D eigenvalue weighted by Gasteiger charge is 2.11. The molecule has 0 aromatic carbocycles. The minimum absolute atomic E-state index is 0.412. The average Bonchev–Trinajstić information content (AvgIpc) is 2.39. The molecule has 0 unspecified atom stereocenters. The van der Waals surface area contributed by atoms with Gasteiger partial charge in [0.15, 0.2) is 0 Å². The molecule has 9 nitrogen and oxygen atoms in total. The maximum absolute atomic E-state index is 11.3. The molecule has 0 radical (unpaired) electrons. The average molecular weight is 289 g/mol. The van der Waals surface area contributed by atoms with Crippen molar-refractivity contribution in [1.29, 1.82) is 0 Å². The van der Waals surface area contributed by atoms with Crippen molar-refractivity contribution in [3.05, 3.63) is 0 Å². The van der Waals surface area contributed by atoms with Crippen LogP contribution < -0.4 is 10.6 Å². The Morgan fingerprint density at radius 2 is 1.90 bits per heavy atom. The highest BCUT2D eigenvalue weighted by atomic mass is 16.5. The smallest absolute Gasteiger partial charge is 0.329 e. The Kier molecular flexibility index (Phi) is 7.55. The van der Waals surface area contributed by atoms with Gasteiger partial charge < -0.3 is 19.9 Å². The maximum Gasteiger partial charge on any atom is 0.329 e. The molecular formula is C11H19N3O6. The summed E-state index contributed by atoms with van der Waals surface area (Å²) < 4.78 is 9.74. The van der Waals surface area contributed by atoms with Crippen LogP contribution in [0, 0.1) is 0 Å². The monoisotopic (exact) mass is 289 g/mol. The second kappa shape index (κ2) is 9.23. The van der Waals surface area contributed by atoms with Crippen molar-refractivity contribution < 1.29 is 29.0 Å². The number of hydrogen-bond acceptors (Lipinski definition) is 6. The van der Waals surface area contributed by atoms with Crippen molar-refractivity contribution in [3.8, 4) is 0 Å². The van der Waals surface area contributed by atoms with Crippen molar-refractivity contribution in [1.82, 2.24) is 15.5 Å². The molecule has 1 aliphatic rings. The number of ether oxygens (including phenoxy) is 2. The van der Waals surface area contributed by atoms with Crippen molar-refractivity contribution in [2.75, 3.05) is 52.6 Å². The Balaban J connectivity index is 2.04. The number of carbonyl (C=O) groups excluding carboxylic acids is 2. The topological polar surface area (TPSA) is 117 Å². The largest absolute Gasteiger partial charge is 0.480 e. The Hall–Kier alpha value is -1.71. The summed E-state index contributed by atoms with van der Waals surface area (Å²) in [5.74, 6) is -1.86. The lowest BCUT2D eigenvalue weighted by atomic mass is 10.4. The molecule has 1 fully saturated rings. The molecule has 0 atom stereocenters. The van der Waals surface area contributed by atoms with Gasteiger partial charge in [0.2, 0.25) is 0 Å². The molecule has 0 saturated carbocycles. The van der Waals surface area contributed by atoms with Crippen molar-refractivity contribution in [2.24, 2.45) is 0 Å². The van der Waals surface area contributed by atoms with Gasteiger partial charge in [-0.3, -0.25) is 15.0 Å². The van der Waals surface area contributed by atoms with E-state index in [4.69, 9.17) is 9.84 Å². The van der Waals surface area contributed by atoms with Gasteiger partial charge in [0.05, 0.1) is 13.2 Å². The van der Waals surface area contributed by atoms with Gasteiger partial charge >= 0.3 is 12.0 Å². The van der Waals surface area contributed by atoms with Crippen molar-refractivity contribution >= 4 is 17.9 Å². The molecular weight excluding hydrogens is 270 g/mol. The normalized spacial score (nSPS) is 15.6. The van der Waals surface area contributed by atoms with Crippen LogP contribution in [-0.4, -0.2) is 80.5 Å². The summed E-state index contributed by atoms with van der Waals surface area (Å²) in [6.07, 6.45) is 0. The Bertz CT molecular complexity index is 343. The Morgan fingerprint density at radius 1 is 1.20 bits per heavy atom. The SMILES string of the molecule is O=C(O)COCC(=O)NC(=O)NCCN1CCOCC1. The third kappa shape index (κ3) is 7.67. The molecule has 1 heterocycles. The van der Waals surface area contributed by atoms with E-state index in [0.717, 1.165) is 13.1 Å². The lowest BCUT2D eigenvalue weighted by Gasteiger charge is -2.26. The molecule has 114 valence electrons. The minimum atomic E-state index is -1.17. The number of aliphatic carboxylic acids is 1. The zero-order valence-corrected chi connectivity index (χ0v) is 11.1. The highest BCUT2D eigenvalue weighted by molar-refractivity contribution is 5.94. The van der Waals surface area contributed by atoms with Crippen LogP contribution in [0.15, 0.2) is 0 Å². The van der Waals surface area contributed by atoms with Crippen LogP contribution in [0.2, 0.25) is 0 Å².